The van der Waals surface area contributed by atoms with Crippen molar-refractivity contribution in [3.8, 4) is 5.69 Å². The summed E-state index contributed by atoms with van der Waals surface area (Å²) in [5, 5.41) is 4.27. The Labute approximate surface area is 286 Å². The van der Waals surface area contributed by atoms with Gasteiger partial charge in [0.05, 0.1) is 5.69 Å². The number of guanidine groups is 1. The second-order valence-corrected chi connectivity index (χ2v) is 15.4. The molecule has 5 rings (SSSR count). The van der Waals surface area contributed by atoms with Gasteiger partial charge in [0.15, 0.2) is 5.96 Å². The molecule has 8 N–H and O–H groups in total. The first kappa shape index (κ1) is 36.9. The zero-order valence-electron chi connectivity index (χ0n) is 30.2. The summed E-state index contributed by atoms with van der Waals surface area (Å²) in [5.41, 5.74) is 26.3. The average Bonchev–Trinajstić information content (AvgIpc) is 3.65. The molecular weight excluding hydrogens is 596 g/mol. The van der Waals surface area contributed by atoms with Gasteiger partial charge in [0, 0.05) is 41.8 Å². The topological polar surface area (TPSA) is 153 Å². The number of aromatic nitrogens is 3. The summed E-state index contributed by atoms with van der Waals surface area (Å²) in [7, 11) is 0. The van der Waals surface area contributed by atoms with E-state index in [1.165, 1.54) is 37.7 Å². The number of nitrogens with one attached hydrogen (secondary N) is 2. The number of hydrogen-bond donors (Lipinski definition) is 5. The molecule has 260 valence electrons. The molecule has 9 heteroatoms. The van der Waals surface area contributed by atoms with Gasteiger partial charge in [-0.3, -0.25) is 9.56 Å². The van der Waals surface area contributed by atoms with E-state index in [0.29, 0.717) is 18.2 Å². The predicted molar refractivity (Wildman–Crippen MR) is 201 cm³/mol. The van der Waals surface area contributed by atoms with Crippen molar-refractivity contribution in [2.24, 2.45) is 22.2 Å². The van der Waals surface area contributed by atoms with Gasteiger partial charge >= 0.3 is 5.69 Å². The lowest BCUT2D eigenvalue weighted by molar-refractivity contribution is 0.574. The second-order valence-electron chi connectivity index (χ2n) is 15.4. The molecule has 9 nitrogen and oxygen atoms in total. The van der Waals surface area contributed by atoms with Crippen LogP contribution in [0.1, 0.15) is 108 Å². The molecular formula is C39H58N8O. The predicted octanol–water partition coefficient (Wildman–Crippen LogP) is 5.91. The molecule has 0 radical (unpaired) electrons. The number of H-pyrrole nitrogens is 1. The average molecular weight is 655 g/mol. The van der Waals surface area contributed by atoms with Crippen molar-refractivity contribution in [3.63, 3.8) is 0 Å². The Balaban J connectivity index is 0.000000237. The fraction of sp³-hybridized carbons (Fsp3) is 0.513. The highest BCUT2D eigenvalue weighted by Gasteiger charge is 2.24. The Morgan fingerprint density at radius 3 is 2.38 bits per heavy atom. The molecule has 48 heavy (non-hydrogen) atoms. The number of hydrogen-bond acceptors (Lipinski definition) is 5. The van der Waals surface area contributed by atoms with Gasteiger partial charge in [0.25, 0.3) is 0 Å². The lowest BCUT2D eigenvalue weighted by atomic mass is 9.81. The minimum absolute atomic E-state index is 0.0352. The maximum Gasteiger partial charge on any atom is 0.354 e. The van der Waals surface area contributed by atoms with E-state index in [1.54, 1.807) is 21.3 Å². The lowest BCUT2D eigenvalue weighted by Gasteiger charge is -2.24. The number of benzene rings is 2. The minimum Gasteiger partial charge on any atom is -0.370 e. The first-order chi connectivity index (χ1) is 22.6. The van der Waals surface area contributed by atoms with E-state index in [1.807, 2.05) is 30.5 Å². The van der Waals surface area contributed by atoms with E-state index in [4.69, 9.17) is 17.2 Å². The van der Waals surface area contributed by atoms with Crippen LogP contribution in [0.2, 0.25) is 0 Å². The van der Waals surface area contributed by atoms with Crippen molar-refractivity contribution in [1.82, 2.24) is 19.9 Å². The summed E-state index contributed by atoms with van der Waals surface area (Å²) < 4.78 is 1.58. The Hall–Kier alpha value is -3.95. The molecule has 2 aromatic carbocycles. The fourth-order valence-corrected chi connectivity index (χ4v) is 6.22. The summed E-state index contributed by atoms with van der Waals surface area (Å²) in [4.78, 5) is 23.9. The van der Waals surface area contributed by atoms with E-state index < -0.39 is 0 Å². The summed E-state index contributed by atoms with van der Waals surface area (Å²) >= 11 is 0. The summed E-state index contributed by atoms with van der Waals surface area (Å²) in [6, 6.07) is 15.2. The molecule has 0 amide bonds. The van der Waals surface area contributed by atoms with Crippen molar-refractivity contribution in [2.75, 3.05) is 13.1 Å². The number of rotatable bonds is 11. The third-order valence-corrected chi connectivity index (χ3v) is 8.87. The van der Waals surface area contributed by atoms with Crippen molar-refractivity contribution >= 4 is 17.0 Å². The maximum absolute atomic E-state index is 12.5. The molecule has 0 saturated carbocycles. The van der Waals surface area contributed by atoms with E-state index in [-0.39, 0.29) is 22.5 Å². The number of aliphatic imine (C=N–C) groups is 1. The first-order valence-electron chi connectivity index (χ1n) is 17.5. The summed E-state index contributed by atoms with van der Waals surface area (Å²) in [6.45, 7) is 17.7. The number of nitrogens with two attached hydrogens (primary N) is 3. The van der Waals surface area contributed by atoms with Gasteiger partial charge in [-0.1, -0.05) is 65.8 Å². The summed E-state index contributed by atoms with van der Waals surface area (Å²) in [6.07, 6.45) is 10.1. The molecule has 4 aromatic rings. The van der Waals surface area contributed by atoms with Crippen LogP contribution in [0, 0.1) is 0 Å². The molecule has 0 bridgehead atoms. The monoisotopic (exact) mass is 654 g/mol. The van der Waals surface area contributed by atoms with E-state index >= 15 is 0 Å². The second kappa shape index (κ2) is 16.0. The summed E-state index contributed by atoms with van der Waals surface area (Å²) in [5.74, 6) is 0.123. The number of aromatic amines is 1. The number of fused-ring (bicyclic) bond motifs is 2. The molecule has 0 unspecified atom stereocenters. The lowest BCUT2D eigenvalue weighted by Crippen LogP contribution is -2.23. The van der Waals surface area contributed by atoms with Crippen LogP contribution in [0.3, 0.4) is 0 Å². The van der Waals surface area contributed by atoms with Gasteiger partial charge in [-0.15, -0.1) is 0 Å². The SMILES string of the molecule is CC(C)(C)c1cc2cn(-c3ccc(CNCCCN=C(N)N)cc3)c(=O)nc2[nH]1.C[C@H](N)CCCc1cc2c(c(C(C)(C)C)c1)CCC2. The standard InChI is InChI=1S/C21H29N7O.C18H29N/c1-21(2,3)17-11-15-13-28(20(29)27-18(15)26-17)16-7-5-14(6-8-16)12-24-9-4-10-25-19(22)23;1-13(19)7-5-8-14-11-15-9-6-10-16(15)17(12-14)18(2,3)4/h5-8,11,13,24H,4,9-10,12H2,1-3H3,(H4,22,23,25)(H,26,27,29);11-13H,5-10,19H2,1-4H3/t;13-/m.0/s1. The molecule has 1 aliphatic rings. The van der Waals surface area contributed by atoms with Gasteiger partial charge in [0.2, 0.25) is 0 Å². The van der Waals surface area contributed by atoms with Gasteiger partial charge in [0.1, 0.15) is 5.65 Å². The molecule has 0 spiro atoms. The van der Waals surface area contributed by atoms with Crippen LogP contribution in [0.4, 0.5) is 0 Å². The Bertz CT molecular complexity index is 1730. The zero-order chi connectivity index (χ0) is 35.1. The Kier molecular flexibility index (Phi) is 12.3. The van der Waals surface area contributed by atoms with Crippen LogP contribution in [0.5, 0.6) is 0 Å². The van der Waals surface area contributed by atoms with Crippen LogP contribution in [-0.2, 0) is 36.6 Å². The van der Waals surface area contributed by atoms with Crippen molar-refractivity contribution in [2.45, 2.75) is 117 Å². The molecule has 1 atom stereocenters. The molecule has 2 heterocycles. The van der Waals surface area contributed by atoms with Gasteiger partial charge in [-0.25, -0.2) is 4.79 Å². The van der Waals surface area contributed by atoms with Crippen LogP contribution in [0.25, 0.3) is 16.7 Å². The third-order valence-electron chi connectivity index (χ3n) is 8.87. The first-order valence-corrected chi connectivity index (χ1v) is 17.5. The fourth-order valence-electron chi connectivity index (χ4n) is 6.22. The molecule has 2 aromatic heterocycles. The van der Waals surface area contributed by atoms with Gasteiger partial charge in [-0.05, 0) is 110 Å². The molecule has 0 fully saturated rings. The van der Waals surface area contributed by atoms with E-state index in [2.05, 4.69) is 86.9 Å². The van der Waals surface area contributed by atoms with Gasteiger partial charge in [-0.2, -0.15) is 4.98 Å². The van der Waals surface area contributed by atoms with Crippen LogP contribution < -0.4 is 28.2 Å². The molecule has 1 aliphatic carbocycles. The Morgan fingerprint density at radius 2 is 1.73 bits per heavy atom. The quantitative estimate of drug-likeness (QED) is 0.0771. The van der Waals surface area contributed by atoms with E-state index in [9.17, 15) is 4.79 Å². The number of nitrogens with zero attached hydrogens (tertiary/aromatic N) is 3. The smallest absolute Gasteiger partial charge is 0.354 e. The van der Waals surface area contributed by atoms with Crippen LogP contribution in [0.15, 0.2) is 58.4 Å². The van der Waals surface area contributed by atoms with Gasteiger partial charge < -0.3 is 27.5 Å². The van der Waals surface area contributed by atoms with Crippen molar-refractivity contribution in [1.29, 1.82) is 0 Å². The molecule has 0 aliphatic heterocycles. The zero-order valence-corrected chi connectivity index (χ0v) is 30.2. The van der Waals surface area contributed by atoms with Crippen molar-refractivity contribution < 1.29 is 0 Å². The highest BCUT2D eigenvalue weighted by Crippen LogP contribution is 2.35. The largest absolute Gasteiger partial charge is 0.370 e. The normalized spacial score (nSPS) is 13.6. The highest BCUT2D eigenvalue weighted by molar-refractivity contribution is 5.76. The van der Waals surface area contributed by atoms with Crippen molar-refractivity contribution in [3.05, 3.63) is 92.7 Å². The van der Waals surface area contributed by atoms with E-state index in [0.717, 1.165) is 48.3 Å². The maximum atomic E-state index is 12.5. The van der Waals surface area contributed by atoms with Crippen LogP contribution >= 0.6 is 0 Å². The van der Waals surface area contributed by atoms with Crippen LogP contribution in [-0.4, -0.2) is 39.6 Å². The Morgan fingerprint density at radius 1 is 1.00 bits per heavy atom. The third kappa shape index (κ3) is 10.3. The highest BCUT2D eigenvalue weighted by atomic mass is 16.1. The molecule has 0 saturated heterocycles. The minimum atomic E-state index is -0.301. The number of aryl methyl sites for hydroxylation is 2.